The number of hydrogen-bond acceptors (Lipinski definition) is 7. The van der Waals surface area contributed by atoms with E-state index in [1.165, 1.54) is 48.7 Å². The van der Waals surface area contributed by atoms with Crippen molar-refractivity contribution in [2.75, 3.05) is 11.1 Å². The van der Waals surface area contributed by atoms with Gasteiger partial charge in [0.1, 0.15) is 40.1 Å². The Morgan fingerprint density at radius 3 is 2.42 bits per heavy atom. The summed E-state index contributed by atoms with van der Waals surface area (Å²) in [7, 11) is 0. The smallest absolute Gasteiger partial charge is 0.434 e. The molecular formula is C26H16F5N7O2. The molecule has 4 heterocycles. The summed E-state index contributed by atoms with van der Waals surface area (Å²) in [5.41, 5.74) is 4.02. The minimum Gasteiger partial charge on any atom is -0.436 e. The molecule has 6 rings (SSSR count). The molecule has 1 unspecified atom stereocenters. The van der Waals surface area contributed by atoms with Crippen LogP contribution in [0.3, 0.4) is 0 Å². The predicted octanol–water partition coefficient (Wildman–Crippen LogP) is 5.12. The van der Waals surface area contributed by atoms with E-state index in [0.717, 1.165) is 16.7 Å². The number of hydrogen-bond donors (Lipinski definition) is 2. The van der Waals surface area contributed by atoms with Crippen LogP contribution in [0.5, 0.6) is 11.6 Å². The van der Waals surface area contributed by atoms with Crippen LogP contribution in [0.4, 0.5) is 33.6 Å². The standard InChI is InChI=1S/C26H16F5N7O2/c1-25(12-5-7-13(27)8-6-12)18-19(32)35-20(36-21(18)37-24(25)39)16-10-38-11-17(26(29,30)31)34-22(38)23(33-16)40-15-4-2-3-14(28)9-15/h2-11H,1H3,(H3,32,35,36,37,39). The lowest BCUT2D eigenvalue weighted by Gasteiger charge is -2.23. The van der Waals surface area contributed by atoms with Gasteiger partial charge in [0.05, 0.1) is 5.56 Å². The largest absolute Gasteiger partial charge is 0.436 e. The van der Waals surface area contributed by atoms with Gasteiger partial charge in [0.15, 0.2) is 11.5 Å². The summed E-state index contributed by atoms with van der Waals surface area (Å²) >= 11 is 0. The molecule has 5 aromatic rings. The molecule has 1 aliphatic rings. The van der Waals surface area contributed by atoms with E-state index in [1.807, 2.05) is 0 Å². The number of benzene rings is 2. The van der Waals surface area contributed by atoms with Gasteiger partial charge in [-0.3, -0.25) is 9.20 Å². The van der Waals surface area contributed by atoms with Crippen molar-refractivity contribution < 1.29 is 31.5 Å². The summed E-state index contributed by atoms with van der Waals surface area (Å²) in [4.78, 5) is 29.6. The Morgan fingerprint density at radius 2 is 1.73 bits per heavy atom. The molecule has 40 heavy (non-hydrogen) atoms. The number of carbonyl (C=O) groups excluding carboxylic acids is 1. The van der Waals surface area contributed by atoms with Gasteiger partial charge < -0.3 is 15.8 Å². The van der Waals surface area contributed by atoms with Crippen molar-refractivity contribution in [1.82, 2.24) is 24.3 Å². The highest BCUT2D eigenvalue weighted by atomic mass is 19.4. The average Bonchev–Trinajstić information content (AvgIpc) is 3.44. The molecule has 0 aliphatic carbocycles. The van der Waals surface area contributed by atoms with Crippen molar-refractivity contribution in [3.63, 3.8) is 0 Å². The molecule has 1 atom stereocenters. The Bertz CT molecular complexity index is 1820. The number of alkyl halides is 3. The van der Waals surface area contributed by atoms with Crippen molar-refractivity contribution in [2.24, 2.45) is 0 Å². The van der Waals surface area contributed by atoms with Crippen LogP contribution in [0, 0.1) is 11.6 Å². The van der Waals surface area contributed by atoms with Crippen LogP contribution in [0.25, 0.3) is 17.2 Å². The number of fused-ring (bicyclic) bond motifs is 2. The number of nitrogens with zero attached hydrogens (tertiary/aromatic N) is 5. The number of halogens is 5. The molecule has 3 N–H and O–H groups in total. The average molecular weight is 553 g/mol. The molecule has 2 aromatic carbocycles. The first kappa shape index (κ1) is 25.2. The van der Waals surface area contributed by atoms with Gasteiger partial charge in [-0.15, -0.1) is 0 Å². The van der Waals surface area contributed by atoms with Gasteiger partial charge in [-0.1, -0.05) is 18.2 Å². The number of aromatic nitrogens is 5. The SMILES string of the molecule is CC1(c2ccc(F)cc2)C(=O)Nc2nc(-c3cn4cc(C(F)(F)F)nc4c(Oc4cccc(F)c4)n3)nc(N)c21. The van der Waals surface area contributed by atoms with E-state index in [9.17, 15) is 26.7 Å². The number of rotatable bonds is 4. The number of nitrogens with one attached hydrogen (secondary N) is 1. The van der Waals surface area contributed by atoms with Gasteiger partial charge in [0, 0.05) is 18.5 Å². The van der Waals surface area contributed by atoms with E-state index in [4.69, 9.17) is 10.5 Å². The fourth-order valence-electron chi connectivity index (χ4n) is 4.51. The Hall–Kier alpha value is -5.14. The molecule has 0 saturated heterocycles. The lowest BCUT2D eigenvalue weighted by Crippen LogP contribution is -2.33. The maximum atomic E-state index is 13.7. The van der Waals surface area contributed by atoms with Gasteiger partial charge in [-0.05, 0) is 36.8 Å². The summed E-state index contributed by atoms with van der Waals surface area (Å²) < 4.78 is 74.2. The number of imidazole rings is 1. The van der Waals surface area contributed by atoms with Gasteiger partial charge in [0.25, 0.3) is 5.88 Å². The van der Waals surface area contributed by atoms with Crippen molar-refractivity contribution in [2.45, 2.75) is 18.5 Å². The van der Waals surface area contributed by atoms with Gasteiger partial charge in [-0.25, -0.2) is 28.7 Å². The number of carbonyl (C=O) groups is 1. The summed E-state index contributed by atoms with van der Waals surface area (Å²) in [6, 6.07) is 10.2. The summed E-state index contributed by atoms with van der Waals surface area (Å²) in [6.45, 7) is 1.58. The second-order valence-electron chi connectivity index (χ2n) is 9.09. The molecule has 0 fully saturated rings. The third-order valence-corrected chi connectivity index (χ3v) is 6.48. The van der Waals surface area contributed by atoms with Crippen molar-refractivity contribution >= 4 is 23.2 Å². The topological polar surface area (TPSA) is 120 Å². The number of nitrogen functional groups attached to an aromatic ring is 1. The zero-order chi connectivity index (χ0) is 28.4. The van der Waals surface area contributed by atoms with Gasteiger partial charge >= 0.3 is 6.18 Å². The van der Waals surface area contributed by atoms with Gasteiger partial charge in [-0.2, -0.15) is 13.2 Å². The molecular weight excluding hydrogens is 537 g/mol. The Kier molecular flexibility index (Phi) is 5.47. The summed E-state index contributed by atoms with van der Waals surface area (Å²) in [6.07, 6.45) is -2.86. The summed E-state index contributed by atoms with van der Waals surface area (Å²) in [5.74, 6) is -2.25. The quantitative estimate of drug-likeness (QED) is 0.297. The highest BCUT2D eigenvalue weighted by Crippen LogP contribution is 2.45. The van der Waals surface area contributed by atoms with Crippen molar-refractivity contribution in [1.29, 1.82) is 0 Å². The number of amides is 1. The minimum atomic E-state index is -4.77. The number of ether oxygens (including phenoxy) is 1. The monoisotopic (exact) mass is 553 g/mol. The van der Waals surface area contributed by atoms with E-state index < -0.39 is 34.8 Å². The van der Waals surface area contributed by atoms with Crippen LogP contribution in [-0.4, -0.2) is 30.2 Å². The molecule has 0 bridgehead atoms. The van der Waals surface area contributed by atoms with Crippen molar-refractivity contribution in [3.05, 3.63) is 89.4 Å². The molecule has 14 heteroatoms. The minimum absolute atomic E-state index is 0.0418. The molecule has 1 amide bonds. The van der Waals surface area contributed by atoms with Crippen molar-refractivity contribution in [3.8, 4) is 23.1 Å². The van der Waals surface area contributed by atoms with Crippen LogP contribution in [0.15, 0.2) is 60.9 Å². The first-order valence-corrected chi connectivity index (χ1v) is 11.6. The zero-order valence-corrected chi connectivity index (χ0v) is 20.3. The van der Waals surface area contributed by atoms with Crippen LogP contribution in [-0.2, 0) is 16.4 Å². The molecule has 0 radical (unpaired) electrons. The number of anilines is 2. The fraction of sp³-hybridized carbons (Fsp3) is 0.115. The highest BCUT2D eigenvalue weighted by molar-refractivity contribution is 6.09. The molecule has 0 spiro atoms. The normalized spacial score (nSPS) is 16.7. The van der Waals surface area contributed by atoms with Gasteiger partial charge in [0.2, 0.25) is 11.6 Å². The maximum absolute atomic E-state index is 13.7. The lowest BCUT2D eigenvalue weighted by atomic mass is 9.78. The van der Waals surface area contributed by atoms with Crippen LogP contribution in [0.1, 0.15) is 23.7 Å². The second-order valence-corrected chi connectivity index (χ2v) is 9.09. The zero-order valence-electron chi connectivity index (χ0n) is 20.3. The van der Waals surface area contributed by atoms with Crippen LogP contribution >= 0.6 is 0 Å². The highest BCUT2D eigenvalue weighted by Gasteiger charge is 2.47. The first-order chi connectivity index (χ1) is 18.9. The molecule has 9 nitrogen and oxygen atoms in total. The Balaban J connectivity index is 1.50. The fourth-order valence-corrected chi connectivity index (χ4v) is 4.51. The number of nitrogens with two attached hydrogens (primary N) is 1. The van der Waals surface area contributed by atoms with E-state index in [-0.39, 0.29) is 46.0 Å². The third-order valence-electron chi connectivity index (χ3n) is 6.48. The predicted molar refractivity (Wildman–Crippen MR) is 131 cm³/mol. The van der Waals surface area contributed by atoms with E-state index in [1.54, 1.807) is 6.92 Å². The molecule has 3 aromatic heterocycles. The first-order valence-electron chi connectivity index (χ1n) is 11.6. The second kappa shape index (κ2) is 8.69. The van der Waals surface area contributed by atoms with E-state index in [2.05, 4.69) is 25.3 Å². The van der Waals surface area contributed by atoms with Crippen LogP contribution in [0.2, 0.25) is 0 Å². The Morgan fingerprint density at radius 1 is 0.975 bits per heavy atom. The van der Waals surface area contributed by atoms with E-state index in [0.29, 0.717) is 5.56 Å². The molecule has 202 valence electrons. The van der Waals surface area contributed by atoms with E-state index >= 15 is 0 Å². The Labute approximate surface area is 221 Å². The van der Waals surface area contributed by atoms with Crippen LogP contribution < -0.4 is 15.8 Å². The molecule has 1 aliphatic heterocycles. The maximum Gasteiger partial charge on any atom is 0.434 e. The summed E-state index contributed by atoms with van der Waals surface area (Å²) in [5, 5.41) is 2.64. The molecule has 0 saturated carbocycles. The lowest BCUT2D eigenvalue weighted by molar-refractivity contribution is -0.140. The third kappa shape index (κ3) is 4.04.